The van der Waals surface area contributed by atoms with Crippen LogP contribution in [0.4, 0.5) is 10.7 Å². The number of thiocarbonyl (C=S) groups is 1. The van der Waals surface area contributed by atoms with Gasteiger partial charge in [-0.15, -0.1) is 0 Å². The number of benzene rings is 1. The molecule has 0 aliphatic carbocycles. The van der Waals surface area contributed by atoms with Crippen LogP contribution in [0, 0.1) is 10.1 Å². The lowest BCUT2D eigenvalue weighted by molar-refractivity contribution is -0.380. The predicted octanol–water partition coefficient (Wildman–Crippen LogP) is 2.49. The van der Waals surface area contributed by atoms with Gasteiger partial charge in [0.15, 0.2) is 5.11 Å². The Morgan fingerprint density at radius 3 is 2.50 bits per heavy atom. The molecule has 1 aromatic carbocycles. The summed E-state index contributed by atoms with van der Waals surface area (Å²) in [6.45, 7) is 0. The maximum Gasteiger partial charge on any atom is 0.324 e. The van der Waals surface area contributed by atoms with Gasteiger partial charge in [0.2, 0.25) is 0 Å². The lowest BCUT2D eigenvalue weighted by atomic mass is 10.1. The van der Waals surface area contributed by atoms with Crippen LogP contribution in [-0.4, -0.2) is 21.9 Å². The summed E-state index contributed by atoms with van der Waals surface area (Å²) in [4.78, 5) is 36.6. The largest absolute Gasteiger partial charge is 0.324 e. The molecule has 3 rings (SSSR count). The van der Waals surface area contributed by atoms with Crippen molar-refractivity contribution in [2.45, 2.75) is 0 Å². The summed E-state index contributed by atoms with van der Waals surface area (Å²) in [6.07, 6.45) is 1.33. The van der Waals surface area contributed by atoms with Crippen LogP contribution in [0.3, 0.4) is 0 Å². The van der Waals surface area contributed by atoms with Crippen LogP contribution in [-0.2, 0) is 9.59 Å². The van der Waals surface area contributed by atoms with Crippen molar-refractivity contribution < 1.29 is 14.5 Å². The number of carbonyl (C=O) groups excluding carboxylic acids is 2. The van der Waals surface area contributed by atoms with Gasteiger partial charge in [-0.25, -0.2) is 0 Å². The Bertz CT molecular complexity index is 889. The molecule has 2 heterocycles. The van der Waals surface area contributed by atoms with Gasteiger partial charge in [0.1, 0.15) is 5.57 Å². The summed E-state index contributed by atoms with van der Waals surface area (Å²) >= 11 is 5.96. The van der Waals surface area contributed by atoms with Gasteiger partial charge in [0.25, 0.3) is 11.8 Å². The normalized spacial score (nSPS) is 16.4. The number of hydrogen-bond donors (Lipinski definition) is 1. The Balaban J connectivity index is 1.99. The third-order valence-electron chi connectivity index (χ3n) is 3.20. The molecule has 9 heteroatoms. The first kappa shape index (κ1) is 16.0. The van der Waals surface area contributed by atoms with Gasteiger partial charge in [0.05, 0.1) is 10.6 Å². The number of nitrogens with zero attached hydrogens (tertiary/aromatic N) is 2. The highest BCUT2D eigenvalue weighted by Gasteiger charge is 2.34. The monoisotopic (exact) mass is 359 g/mol. The van der Waals surface area contributed by atoms with E-state index in [1.165, 1.54) is 23.1 Å². The average Bonchev–Trinajstić information content (AvgIpc) is 3.01. The Hall–Kier alpha value is -2.91. The number of para-hydroxylation sites is 1. The molecule has 24 heavy (non-hydrogen) atoms. The summed E-state index contributed by atoms with van der Waals surface area (Å²) in [5, 5.41) is 13.1. The Morgan fingerprint density at radius 1 is 1.17 bits per heavy atom. The number of rotatable bonds is 3. The number of nitro groups is 1. The molecule has 1 fully saturated rings. The second-order valence-electron chi connectivity index (χ2n) is 4.73. The lowest BCUT2D eigenvalue weighted by Crippen LogP contribution is -2.54. The van der Waals surface area contributed by atoms with Crippen LogP contribution in [0.25, 0.3) is 6.08 Å². The van der Waals surface area contributed by atoms with E-state index in [0.29, 0.717) is 10.6 Å². The molecule has 1 saturated heterocycles. The zero-order chi connectivity index (χ0) is 17.3. The van der Waals surface area contributed by atoms with Crippen LogP contribution < -0.4 is 10.2 Å². The molecule has 0 radical (unpaired) electrons. The number of amides is 2. The number of carbonyl (C=O) groups is 2. The Morgan fingerprint density at radius 2 is 1.88 bits per heavy atom. The second-order valence-corrected chi connectivity index (χ2v) is 6.21. The molecular formula is C15H9N3O4S2. The molecule has 0 bridgehead atoms. The molecule has 0 unspecified atom stereocenters. The maximum atomic E-state index is 12.7. The van der Waals surface area contributed by atoms with E-state index in [1.807, 2.05) is 0 Å². The predicted molar refractivity (Wildman–Crippen MR) is 93.6 cm³/mol. The number of anilines is 1. The van der Waals surface area contributed by atoms with Crippen LogP contribution in [0.2, 0.25) is 0 Å². The van der Waals surface area contributed by atoms with Gasteiger partial charge in [-0.3, -0.25) is 29.9 Å². The minimum atomic E-state index is -0.631. The zero-order valence-electron chi connectivity index (χ0n) is 12.0. The zero-order valence-corrected chi connectivity index (χ0v) is 13.6. The Kier molecular flexibility index (Phi) is 4.19. The molecule has 0 saturated carbocycles. The molecule has 2 aromatic rings. The highest BCUT2D eigenvalue weighted by molar-refractivity contribution is 7.80. The molecule has 7 nitrogen and oxygen atoms in total. The van der Waals surface area contributed by atoms with E-state index in [2.05, 4.69) is 5.32 Å². The molecule has 120 valence electrons. The quantitative estimate of drug-likeness (QED) is 0.299. The standard InChI is InChI=1S/C15H9N3O4S2/c19-13-11(8-10-6-7-12(24-10)18(21)22)14(20)17(15(23)16-13)9-4-2-1-3-5-9/h1-8H,(H,16,19,23). The molecule has 1 aromatic heterocycles. The van der Waals surface area contributed by atoms with Crippen molar-refractivity contribution >= 4 is 57.2 Å². The smallest absolute Gasteiger partial charge is 0.298 e. The molecule has 1 aliphatic rings. The number of thiophene rings is 1. The highest BCUT2D eigenvalue weighted by Crippen LogP contribution is 2.27. The van der Waals surface area contributed by atoms with Gasteiger partial charge in [-0.1, -0.05) is 29.5 Å². The van der Waals surface area contributed by atoms with Crippen molar-refractivity contribution in [2.24, 2.45) is 0 Å². The fraction of sp³-hybridized carbons (Fsp3) is 0. The van der Waals surface area contributed by atoms with Gasteiger partial charge < -0.3 is 0 Å². The minimum Gasteiger partial charge on any atom is -0.298 e. The Labute approximate surface area is 145 Å². The number of hydrogen-bond acceptors (Lipinski definition) is 6. The van der Waals surface area contributed by atoms with Crippen molar-refractivity contribution in [3.8, 4) is 0 Å². The molecule has 0 spiro atoms. The summed E-state index contributed by atoms with van der Waals surface area (Å²) in [5.41, 5.74) is 0.389. The summed E-state index contributed by atoms with van der Waals surface area (Å²) < 4.78 is 0. The van der Waals surface area contributed by atoms with E-state index < -0.39 is 16.7 Å². The van der Waals surface area contributed by atoms with Crippen LogP contribution in [0.5, 0.6) is 0 Å². The maximum absolute atomic E-state index is 12.7. The van der Waals surface area contributed by atoms with E-state index in [-0.39, 0.29) is 15.7 Å². The van der Waals surface area contributed by atoms with Gasteiger partial charge in [-0.05, 0) is 36.5 Å². The van der Waals surface area contributed by atoms with Crippen molar-refractivity contribution in [1.29, 1.82) is 0 Å². The second kappa shape index (κ2) is 6.30. The molecule has 1 aliphatic heterocycles. The van der Waals surface area contributed by atoms with E-state index in [0.717, 1.165) is 11.3 Å². The van der Waals surface area contributed by atoms with Gasteiger partial charge >= 0.3 is 5.00 Å². The first-order valence-corrected chi connectivity index (χ1v) is 7.90. The lowest BCUT2D eigenvalue weighted by Gasteiger charge is -2.28. The van der Waals surface area contributed by atoms with Crippen molar-refractivity contribution in [3.63, 3.8) is 0 Å². The first-order valence-electron chi connectivity index (χ1n) is 6.68. The average molecular weight is 359 g/mol. The van der Waals surface area contributed by atoms with Gasteiger partial charge in [0, 0.05) is 10.9 Å². The molecular weight excluding hydrogens is 350 g/mol. The van der Waals surface area contributed by atoms with E-state index >= 15 is 0 Å². The third kappa shape index (κ3) is 2.94. The van der Waals surface area contributed by atoms with E-state index in [9.17, 15) is 19.7 Å². The van der Waals surface area contributed by atoms with Gasteiger partial charge in [-0.2, -0.15) is 0 Å². The van der Waals surface area contributed by atoms with E-state index in [1.54, 1.807) is 30.3 Å². The SMILES string of the molecule is O=C1NC(=S)N(c2ccccc2)C(=O)C1=Cc1ccc([N+](=O)[O-])s1. The minimum absolute atomic E-state index is 0.00879. The van der Waals surface area contributed by atoms with Crippen LogP contribution in [0.1, 0.15) is 4.88 Å². The molecule has 0 atom stereocenters. The fourth-order valence-corrected chi connectivity index (χ4v) is 3.18. The topological polar surface area (TPSA) is 92.6 Å². The molecule has 1 N–H and O–H groups in total. The first-order chi connectivity index (χ1) is 11.5. The number of nitrogens with one attached hydrogen (secondary N) is 1. The summed E-state index contributed by atoms with van der Waals surface area (Å²) in [7, 11) is 0. The van der Waals surface area contributed by atoms with E-state index in [4.69, 9.17) is 12.2 Å². The fourth-order valence-electron chi connectivity index (χ4n) is 2.13. The van der Waals surface area contributed by atoms with Crippen LogP contribution in [0.15, 0.2) is 48.0 Å². The van der Waals surface area contributed by atoms with Crippen molar-refractivity contribution in [1.82, 2.24) is 5.32 Å². The van der Waals surface area contributed by atoms with Crippen LogP contribution >= 0.6 is 23.6 Å². The summed E-state index contributed by atoms with van der Waals surface area (Å²) in [5.74, 6) is -1.21. The van der Waals surface area contributed by atoms with Crippen molar-refractivity contribution in [3.05, 3.63) is 63.0 Å². The highest BCUT2D eigenvalue weighted by atomic mass is 32.1. The molecule has 2 amide bonds. The third-order valence-corrected chi connectivity index (χ3v) is 4.46. The summed E-state index contributed by atoms with van der Waals surface area (Å²) in [6, 6.07) is 11.5. The van der Waals surface area contributed by atoms with Crippen molar-refractivity contribution in [2.75, 3.05) is 4.90 Å².